The summed E-state index contributed by atoms with van der Waals surface area (Å²) in [6.45, 7) is 4.52. The van der Waals surface area contributed by atoms with Crippen LogP contribution in [0, 0.1) is 17.2 Å². The molecule has 3 heterocycles. The van der Waals surface area contributed by atoms with Gasteiger partial charge >= 0.3 is 0 Å². The van der Waals surface area contributed by atoms with Gasteiger partial charge < -0.3 is 20.8 Å². The average Bonchev–Trinajstić information content (AvgIpc) is 3.63. The quantitative estimate of drug-likeness (QED) is 0.133. The maximum atomic E-state index is 17.1. The number of fused-ring (bicyclic) bond motifs is 3. The van der Waals surface area contributed by atoms with E-state index in [1.54, 1.807) is 24.3 Å². The molecule has 2 aliphatic carbocycles. The second-order valence-corrected chi connectivity index (χ2v) is 17.9. The molecule has 4 aromatic rings. The van der Waals surface area contributed by atoms with E-state index in [-0.39, 0.29) is 51.4 Å². The Bertz CT molecular complexity index is 2090. The van der Waals surface area contributed by atoms with Crippen molar-refractivity contribution in [3.05, 3.63) is 129 Å². The maximum Gasteiger partial charge on any atom is 0.238 e. The molecule has 11 heteroatoms. The predicted molar refractivity (Wildman–Crippen MR) is 216 cm³/mol. The number of aromatic nitrogens is 1. The zero-order valence-corrected chi connectivity index (χ0v) is 33.2. The molecule has 2 aliphatic heterocycles. The van der Waals surface area contributed by atoms with Crippen LogP contribution in [0.3, 0.4) is 0 Å². The topological polar surface area (TPSA) is 115 Å². The largest absolute Gasteiger partial charge is 0.396 e. The summed E-state index contributed by atoms with van der Waals surface area (Å²) in [6, 6.07) is 25.0. The Morgan fingerprint density at radius 3 is 2.20 bits per heavy atom. The lowest BCUT2D eigenvalue weighted by atomic mass is 9.53. The molecule has 1 saturated heterocycles. The Morgan fingerprint density at radius 2 is 1.55 bits per heavy atom. The van der Waals surface area contributed by atoms with Gasteiger partial charge in [-0.3, -0.25) is 14.5 Å². The third-order valence-electron chi connectivity index (χ3n) is 13.5. The van der Waals surface area contributed by atoms with Gasteiger partial charge in [-0.15, -0.1) is 0 Å². The Kier molecular flexibility index (Phi) is 10.5. The van der Waals surface area contributed by atoms with Gasteiger partial charge in [0.25, 0.3) is 0 Å². The van der Waals surface area contributed by atoms with Crippen molar-refractivity contribution in [3.63, 3.8) is 0 Å². The predicted octanol–water partition coefficient (Wildman–Crippen LogP) is 8.67. The fraction of sp³-hybridized carbons (Fsp3) is 0.444. The van der Waals surface area contributed by atoms with Gasteiger partial charge in [0.05, 0.1) is 23.2 Å². The molecule has 8 rings (SSSR count). The molecule has 294 valence electrons. The Balaban J connectivity index is 1.46. The number of aliphatic hydroxyl groups excluding tert-OH is 2. The summed E-state index contributed by atoms with van der Waals surface area (Å²) < 4.78 is 17.1. The number of amides is 2. The maximum absolute atomic E-state index is 17.1. The number of carbonyl (C=O) groups excluding carboxylic acids is 2. The van der Waals surface area contributed by atoms with Crippen LogP contribution in [0.1, 0.15) is 106 Å². The zero-order valence-electron chi connectivity index (χ0n) is 31.7. The summed E-state index contributed by atoms with van der Waals surface area (Å²) >= 11 is 13.1. The highest BCUT2D eigenvalue weighted by Crippen LogP contribution is 2.69. The normalized spacial score (nSPS) is 27.8. The van der Waals surface area contributed by atoms with Gasteiger partial charge in [0.2, 0.25) is 11.8 Å². The zero-order chi connectivity index (χ0) is 39.4. The molecule has 1 aromatic heterocycles. The molecule has 3 fully saturated rings. The Labute approximate surface area is 337 Å². The third-order valence-corrected chi connectivity index (χ3v) is 14.0. The molecule has 0 unspecified atom stereocenters. The van der Waals surface area contributed by atoms with E-state index in [2.05, 4.69) is 34.4 Å². The van der Waals surface area contributed by atoms with E-state index in [4.69, 9.17) is 23.2 Å². The molecular weight excluding hydrogens is 750 g/mol. The van der Waals surface area contributed by atoms with Gasteiger partial charge in [0, 0.05) is 29.7 Å². The molecular formula is C45H49Cl2FN4O4. The van der Waals surface area contributed by atoms with Crippen molar-refractivity contribution in [1.29, 1.82) is 0 Å². The molecule has 3 aromatic carbocycles. The van der Waals surface area contributed by atoms with Crippen molar-refractivity contribution in [2.45, 2.75) is 106 Å². The molecule has 0 bridgehead atoms. The van der Waals surface area contributed by atoms with Crippen molar-refractivity contribution >= 4 is 40.8 Å². The average molecular weight is 800 g/mol. The fourth-order valence-corrected chi connectivity index (χ4v) is 11.1. The number of nitrogens with zero attached hydrogens (tertiary/aromatic N) is 2. The van der Waals surface area contributed by atoms with Gasteiger partial charge in [0.15, 0.2) is 0 Å². The van der Waals surface area contributed by atoms with E-state index < -0.39 is 46.8 Å². The van der Waals surface area contributed by atoms with Crippen LogP contribution in [0.5, 0.6) is 0 Å². The number of anilines is 1. The van der Waals surface area contributed by atoms with Gasteiger partial charge in [-0.25, -0.2) is 9.37 Å². The number of hydrogen-bond acceptors (Lipinski definition) is 6. The summed E-state index contributed by atoms with van der Waals surface area (Å²) in [4.78, 5) is 38.0. The van der Waals surface area contributed by atoms with Crippen LogP contribution in [0.15, 0.2) is 91.0 Å². The Morgan fingerprint density at radius 1 is 0.911 bits per heavy atom. The number of hydrogen-bond donors (Lipinski definition) is 4. The van der Waals surface area contributed by atoms with E-state index in [1.165, 1.54) is 6.07 Å². The highest BCUT2D eigenvalue weighted by atomic mass is 35.5. The van der Waals surface area contributed by atoms with E-state index >= 15 is 14.0 Å². The first-order chi connectivity index (χ1) is 26.9. The number of likely N-dealkylation sites (tertiary alicyclic amines) is 1. The molecule has 5 atom stereocenters. The van der Waals surface area contributed by atoms with Gasteiger partial charge in [-0.2, -0.15) is 0 Å². The lowest BCUT2D eigenvalue weighted by Crippen LogP contribution is -2.64. The molecule has 4 aliphatic rings. The van der Waals surface area contributed by atoms with Gasteiger partial charge in [0.1, 0.15) is 22.2 Å². The fourth-order valence-electron chi connectivity index (χ4n) is 10.7. The number of pyridine rings is 1. The number of benzene rings is 3. The second-order valence-electron chi connectivity index (χ2n) is 17.1. The Hall–Kier alpha value is -3.86. The summed E-state index contributed by atoms with van der Waals surface area (Å²) in [5.74, 6) is -2.12. The van der Waals surface area contributed by atoms with Crippen LogP contribution in [0.2, 0.25) is 10.2 Å². The van der Waals surface area contributed by atoms with E-state index in [0.29, 0.717) is 49.7 Å². The third kappa shape index (κ3) is 6.34. The van der Waals surface area contributed by atoms with Crippen LogP contribution < -0.4 is 10.6 Å². The summed E-state index contributed by atoms with van der Waals surface area (Å²) in [6.07, 6.45) is 4.02. The lowest BCUT2D eigenvalue weighted by Gasteiger charge is -2.56. The van der Waals surface area contributed by atoms with Crippen LogP contribution in [-0.2, 0) is 15.0 Å². The smallest absolute Gasteiger partial charge is 0.238 e. The van der Waals surface area contributed by atoms with Gasteiger partial charge in [-0.1, -0.05) is 116 Å². The van der Waals surface area contributed by atoms with Crippen molar-refractivity contribution in [1.82, 2.24) is 15.2 Å². The second kappa shape index (κ2) is 15.1. The monoisotopic (exact) mass is 798 g/mol. The van der Waals surface area contributed by atoms with Crippen molar-refractivity contribution in [2.24, 2.45) is 11.3 Å². The van der Waals surface area contributed by atoms with E-state index in [0.717, 1.165) is 18.4 Å². The SMILES string of the molecule is CC1(C)CCC2(CC1)N([C@H](c1ccccc1)[C@@H](O)c1ccccc1)[C@@H](C(=O)NC1CCC(CO)CC1)[C@H](c1cccc(Cl)c1F)[C@]21C(=O)Nc2nc(Cl)ccc21. The molecule has 56 heavy (non-hydrogen) atoms. The number of rotatable bonds is 8. The number of nitrogens with one attached hydrogen (secondary N) is 2. The van der Waals surface area contributed by atoms with Gasteiger partial charge in [-0.05, 0) is 91.5 Å². The first-order valence-corrected chi connectivity index (χ1v) is 20.6. The van der Waals surface area contributed by atoms with Crippen LogP contribution in [0.25, 0.3) is 0 Å². The van der Waals surface area contributed by atoms with E-state index in [9.17, 15) is 10.2 Å². The minimum Gasteiger partial charge on any atom is -0.396 e. The van der Waals surface area contributed by atoms with Crippen LogP contribution in [0.4, 0.5) is 10.2 Å². The number of aliphatic hydroxyl groups is 2. The molecule has 2 spiro atoms. The minimum atomic E-state index is -1.58. The van der Waals surface area contributed by atoms with E-state index in [1.807, 2.05) is 60.7 Å². The molecule has 8 nitrogen and oxygen atoms in total. The summed E-state index contributed by atoms with van der Waals surface area (Å²) in [5, 5.41) is 29.3. The number of halogens is 3. The molecule has 2 amide bonds. The number of carbonyl (C=O) groups is 2. The minimum absolute atomic E-state index is 0.0945. The first kappa shape index (κ1) is 39.0. The van der Waals surface area contributed by atoms with Crippen LogP contribution >= 0.6 is 23.2 Å². The lowest BCUT2D eigenvalue weighted by molar-refractivity contribution is -0.137. The molecule has 0 radical (unpaired) electrons. The van der Waals surface area contributed by atoms with Crippen molar-refractivity contribution in [3.8, 4) is 0 Å². The summed E-state index contributed by atoms with van der Waals surface area (Å²) in [5.41, 5.74) is -0.749. The summed E-state index contributed by atoms with van der Waals surface area (Å²) in [7, 11) is 0. The highest BCUT2D eigenvalue weighted by Gasteiger charge is 2.77. The van der Waals surface area contributed by atoms with Crippen LogP contribution in [-0.4, -0.2) is 56.1 Å². The first-order valence-electron chi connectivity index (χ1n) is 19.8. The van der Waals surface area contributed by atoms with Crippen molar-refractivity contribution < 1.29 is 24.2 Å². The molecule has 2 saturated carbocycles. The highest BCUT2D eigenvalue weighted by molar-refractivity contribution is 6.31. The standard InChI is InChI=1S/C45H49Cl2FN4O4/c1-43(2)22-24-44(25-23-43)45(32-20-21-34(47)50-40(32)51-42(45)56)35(31-14-9-15-33(46)36(31)48)38(41(55)49-30-18-16-27(26-53)17-19-30)52(44)37(28-10-5-3-6-11-28)39(54)29-12-7-4-8-13-29/h3-15,20-21,27,30,35,37-39,53-54H,16-19,22-26H2,1-2H3,(H,49,55)(H,50,51,56)/t27?,30?,35-,37+,38+,39-,45+/m0/s1. The van der Waals surface area contributed by atoms with Crippen molar-refractivity contribution in [2.75, 3.05) is 11.9 Å². The molecule has 4 N–H and O–H groups in total.